The van der Waals surface area contributed by atoms with Crippen LogP contribution >= 0.6 is 22.6 Å². The number of anilines is 1. The van der Waals surface area contributed by atoms with Crippen molar-refractivity contribution in [2.75, 3.05) is 11.9 Å². The van der Waals surface area contributed by atoms with Crippen molar-refractivity contribution >= 4 is 34.0 Å². The topological polar surface area (TPSA) is 55.2 Å². The highest BCUT2D eigenvalue weighted by atomic mass is 127. The van der Waals surface area contributed by atoms with Gasteiger partial charge in [-0.15, -0.1) is 0 Å². The van der Waals surface area contributed by atoms with E-state index in [4.69, 9.17) is 0 Å². The Kier molecular flexibility index (Phi) is 7.18. The fourth-order valence-corrected chi connectivity index (χ4v) is 2.48. The van der Waals surface area contributed by atoms with Gasteiger partial charge in [0.1, 0.15) is 11.5 Å². The van der Waals surface area contributed by atoms with Crippen molar-refractivity contribution in [3.63, 3.8) is 0 Å². The van der Waals surface area contributed by atoms with Crippen LogP contribution in [-0.4, -0.2) is 11.5 Å². The zero-order valence-electron chi connectivity index (χ0n) is 11.8. The maximum atomic E-state index is 13.6. The number of unbranched alkanes of at least 4 members (excludes halogenated alkanes) is 1. The van der Waals surface area contributed by atoms with Crippen LogP contribution < -0.4 is 5.32 Å². The Hall–Kier alpha value is -0.920. The zero-order valence-corrected chi connectivity index (χ0v) is 13.9. The van der Waals surface area contributed by atoms with E-state index in [0.717, 1.165) is 25.7 Å². The molecule has 0 spiro atoms. The fraction of sp³-hybridized carbons (Fsp3) is 0.571. The van der Waals surface area contributed by atoms with E-state index in [-0.39, 0.29) is 14.9 Å². The number of rotatable bonds is 8. The van der Waals surface area contributed by atoms with Gasteiger partial charge in [0.25, 0.3) is 5.69 Å². The van der Waals surface area contributed by atoms with Crippen LogP contribution in [0.5, 0.6) is 0 Å². The van der Waals surface area contributed by atoms with E-state index in [1.807, 2.05) is 0 Å². The Bertz CT molecular complexity index is 469. The summed E-state index contributed by atoms with van der Waals surface area (Å²) in [5.74, 6) is 0.0252. The minimum absolute atomic E-state index is 0.0684. The second-order valence-corrected chi connectivity index (χ2v) is 6.00. The molecule has 1 rings (SSSR count). The number of benzene rings is 1. The molecule has 0 aromatic heterocycles. The van der Waals surface area contributed by atoms with Gasteiger partial charge >= 0.3 is 0 Å². The number of nitrogens with zero attached hydrogens (tertiary/aromatic N) is 1. The van der Waals surface area contributed by atoms with Gasteiger partial charge in [-0.2, -0.15) is 0 Å². The first-order chi connectivity index (χ1) is 9.49. The third-order valence-electron chi connectivity index (χ3n) is 3.36. The summed E-state index contributed by atoms with van der Waals surface area (Å²) in [5.41, 5.74) is 0.198. The summed E-state index contributed by atoms with van der Waals surface area (Å²) in [7, 11) is 0. The minimum Gasteiger partial charge on any atom is -0.379 e. The molecule has 1 aromatic rings. The molecule has 0 saturated carbocycles. The van der Waals surface area contributed by atoms with Crippen LogP contribution in [0.25, 0.3) is 0 Å². The Morgan fingerprint density at radius 2 is 2.15 bits per heavy atom. The van der Waals surface area contributed by atoms with E-state index >= 15 is 0 Å². The van der Waals surface area contributed by atoms with Gasteiger partial charge in [-0.1, -0.05) is 33.1 Å². The number of nitro groups is 1. The zero-order chi connectivity index (χ0) is 15.1. The average Bonchev–Trinajstić information content (AvgIpc) is 2.42. The summed E-state index contributed by atoms with van der Waals surface area (Å²) in [6, 6.07) is 2.48. The van der Waals surface area contributed by atoms with E-state index in [1.54, 1.807) is 22.6 Å². The van der Waals surface area contributed by atoms with Gasteiger partial charge in [0.2, 0.25) is 0 Å². The summed E-state index contributed by atoms with van der Waals surface area (Å²) in [5, 5.41) is 14.0. The number of nitrogens with one attached hydrogen (secondary N) is 1. The highest BCUT2D eigenvalue weighted by Crippen LogP contribution is 2.29. The molecule has 1 atom stereocenters. The summed E-state index contributed by atoms with van der Waals surface area (Å²) >= 11 is 1.76. The fourth-order valence-electron chi connectivity index (χ4n) is 2.03. The third-order valence-corrected chi connectivity index (χ3v) is 4.19. The molecule has 4 nitrogen and oxygen atoms in total. The SMILES string of the molecule is CCCCC(CC)CNc1cc(F)c(I)cc1[N+](=O)[O-]. The molecular weight excluding hydrogens is 374 g/mol. The maximum absolute atomic E-state index is 13.6. The lowest BCUT2D eigenvalue weighted by Gasteiger charge is -2.16. The van der Waals surface area contributed by atoms with Crippen LogP contribution in [0.3, 0.4) is 0 Å². The highest BCUT2D eigenvalue weighted by Gasteiger charge is 2.18. The maximum Gasteiger partial charge on any atom is 0.293 e. The number of nitro benzene ring substituents is 1. The smallest absolute Gasteiger partial charge is 0.293 e. The molecule has 20 heavy (non-hydrogen) atoms. The summed E-state index contributed by atoms with van der Waals surface area (Å²) < 4.78 is 13.8. The second kappa shape index (κ2) is 8.39. The van der Waals surface area contributed by atoms with Gasteiger partial charge in [-0.3, -0.25) is 10.1 Å². The first-order valence-corrected chi connectivity index (χ1v) is 7.94. The van der Waals surface area contributed by atoms with Crippen LogP contribution in [0.2, 0.25) is 0 Å². The summed E-state index contributed by atoms with van der Waals surface area (Å²) in [4.78, 5) is 10.5. The summed E-state index contributed by atoms with van der Waals surface area (Å²) in [6.45, 7) is 4.88. The highest BCUT2D eigenvalue weighted by molar-refractivity contribution is 14.1. The molecule has 0 aliphatic heterocycles. The molecule has 0 aliphatic rings. The van der Waals surface area contributed by atoms with E-state index < -0.39 is 10.7 Å². The monoisotopic (exact) mass is 394 g/mol. The molecule has 0 fully saturated rings. The van der Waals surface area contributed by atoms with E-state index in [2.05, 4.69) is 19.2 Å². The van der Waals surface area contributed by atoms with Crippen molar-refractivity contribution in [2.24, 2.45) is 5.92 Å². The number of hydrogen-bond donors (Lipinski definition) is 1. The largest absolute Gasteiger partial charge is 0.379 e. The lowest BCUT2D eigenvalue weighted by Crippen LogP contribution is -2.14. The molecule has 0 heterocycles. The quantitative estimate of drug-likeness (QED) is 0.385. The van der Waals surface area contributed by atoms with Crippen molar-refractivity contribution in [1.29, 1.82) is 0 Å². The standard InChI is InChI=1S/C14H20FIN2O2/c1-3-5-6-10(4-2)9-17-13-7-11(15)12(16)8-14(13)18(19)20/h7-8,10,17H,3-6,9H2,1-2H3. The molecule has 0 bridgehead atoms. The molecule has 0 radical (unpaired) electrons. The van der Waals surface area contributed by atoms with Gasteiger partial charge in [-0.25, -0.2) is 4.39 Å². The molecule has 1 aromatic carbocycles. The van der Waals surface area contributed by atoms with Gasteiger partial charge in [0.15, 0.2) is 0 Å². The molecule has 6 heteroatoms. The lowest BCUT2D eigenvalue weighted by molar-refractivity contribution is -0.384. The van der Waals surface area contributed by atoms with Crippen LogP contribution in [0, 0.1) is 25.4 Å². The molecule has 1 unspecified atom stereocenters. The first kappa shape index (κ1) is 17.1. The van der Waals surface area contributed by atoms with E-state index in [9.17, 15) is 14.5 Å². The van der Waals surface area contributed by atoms with Crippen LogP contribution in [0.1, 0.15) is 39.5 Å². The predicted molar refractivity (Wildman–Crippen MR) is 87.6 cm³/mol. The molecular formula is C14H20FIN2O2. The minimum atomic E-state index is -0.475. The van der Waals surface area contributed by atoms with E-state index in [0.29, 0.717) is 12.5 Å². The van der Waals surface area contributed by atoms with Crippen LogP contribution in [0.4, 0.5) is 15.8 Å². The third kappa shape index (κ3) is 4.88. The van der Waals surface area contributed by atoms with E-state index in [1.165, 1.54) is 12.1 Å². The molecule has 0 saturated heterocycles. The van der Waals surface area contributed by atoms with Gasteiger partial charge in [0.05, 0.1) is 8.49 Å². The molecule has 112 valence electrons. The van der Waals surface area contributed by atoms with Crippen molar-refractivity contribution in [3.05, 3.63) is 31.6 Å². The van der Waals surface area contributed by atoms with Crippen molar-refractivity contribution < 1.29 is 9.31 Å². The van der Waals surface area contributed by atoms with Crippen LogP contribution in [0.15, 0.2) is 12.1 Å². The molecule has 0 amide bonds. The Morgan fingerprint density at radius 3 is 2.70 bits per heavy atom. The predicted octanol–water partition coefficient (Wildman–Crippen LogP) is 4.97. The number of hydrogen-bond acceptors (Lipinski definition) is 3. The Balaban J connectivity index is 2.80. The lowest BCUT2D eigenvalue weighted by atomic mass is 9.99. The second-order valence-electron chi connectivity index (χ2n) is 4.84. The molecule has 0 aliphatic carbocycles. The van der Waals surface area contributed by atoms with Gasteiger partial charge in [0, 0.05) is 18.7 Å². The molecule has 1 N–H and O–H groups in total. The summed E-state index contributed by atoms with van der Waals surface area (Å²) in [6.07, 6.45) is 4.37. The van der Waals surface area contributed by atoms with Crippen molar-refractivity contribution in [1.82, 2.24) is 0 Å². The van der Waals surface area contributed by atoms with Crippen molar-refractivity contribution in [2.45, 2.75) is 39.5 Å². The van der Waals surface area contributed by atoms with Gasteiger partial charge in [-0.05, 0) is 34.9 Å². The normalized spacial score (nSPS) is 12.2. The number of halogens is 2. The van der Waals surface area contributed by atoms with Gasteiger partial charge < -0.3 is 5.32 Å². The van der Waals surface area contributed by atoms with Crippen LogP contribution in [-0.2, 0) is 0 Å². The Labute approximate surface area is 132 Å². The first-order valence-electron chi connectivity index (χ1n) is 6.86. The average molecular weight is 394 g/mol. The Morgan fingerprint density at radius 1 is 1.45 bits per heavy atom. The van der Waals surface area contributed by atoms with Crippen molar-refractivity contribution in [3.8, 4) is 0 Å².